The van der Waals surface area contributed by atoms with Crippen LogP contribution in [-0.2, 0) is 0 Å². The van der Waals surface area contributed by atoms with E-state index in [1.807, 2.05) is 0 Å². The predicted molar refractivity (Wildman–Crippen MR) is 181 cm³/mol. The van der Waals surface area contributed by atoms with Crippen LogP contribution in [-0.4, -0.2) is 0 Å². The molecular weight excluding hydrogens is 468 g/mol. The molecular formula is C39H80. The smallest absolute Gasteiger partial charge is 0.0269 e. The van der Waals surface area contributed by atoms with Crippen LogP contribution < -0.4 is 0 Å². The summed E-state index contributed by atoms with van der Waals surface area (Å²) < 4.78 is 0. The summed E-state index contributed by atoms with van der Waals surface area (Å²) >= 11 is 0. The Labute approximate surface area is 251 Å². The largest absolute Gasteiger partial charge is 0.0654 e. The molecule has 9 atom stereocenters. The van der Waals surface area contributed by atoms with E-state index in [-0.39, 0.29) is 0 Å². The highest BCUT2D eigenvalue weighted by Gasteiger charge is 2.39. The summed E-state index contributed by atoms with van der Waals surface area (Å²) in [5.74, 6) is 8.57. The third kappa shape index (κ3) is 16.3. The van der Waals surface area contributed by atoms with Gasteiger partial charge in [-0.25, -0.2) is 0 Å². The molecule has 0 aromatic rings. The van der Waals surface area contributed by atoms with Gasteiger partial charge in [-0.15, -0.1) is 0 Å². The van der Waals surface area contributed by atoms with Crippen molar-refractivity contribution in [3.63, 3.8) is 0 Å². The van der Waals surface area contributed by atoms with E-state index in [9.17, 15) is 0 Å². The molecule has 0 rings (SSSR count). The molecule has 0 heterocycles. The Bertz CT molecular complexity index is 560. The molecule has 0 nitrogen and oxygen atoms in total. The Morgan fingerprint density at radius 2 is 1.05 bits per heavy atom. The van der Waals surface area contributed by atoms with Crippen LogP contribution in [0.5, 0.6) is 0 Å². The van der Waals surface area contributed by atoms with Gasteiger partial charge in [0, 0.05) is 0 Å². The van der Waals surface area contributed by atoms with Crippen LogP contribution >= 0.6 is 0 Å². The lowest BCUT2D eigenvalue weighted by Gasteiger charge is -2.46. The molecule has 9 unspecified atom stereocenters. The van der Waals surface area contributed by atoms with E-state index in [1.165, 1.54) is 89.9 Å². The maximum absolute atomic E-state index is 2.67. The number of hydrogen-bond acceptors (Lipinski definition) is 0. The van der Waals surface area contributed by atoms with Gasteiger partial charge in [0.2, 0.25) is 0 Å². The second-order valence-corrected chi connectivity index (χ2v) is 16.3. The van der Waals surface area contributed by atoms with Crippen molar-refractivity contribution >= 4 is 0 Å². The Kier molecular flexibility index (Phi) is 20.8. The Morgan fingerprint density at radius 3 is 1.54 bits per heavy atom. The number of unbranched alkanes of at least 4 members (excludes halogenated alkanes) is 1. The average molecular weight is 549 g/mol. The van der Waals surface area contributed by atoms with Crippen molar-refractivity contribution in [1.29, 1.82) is 0 Å². The molecule has 0 fully saturated rings. The van der Waals surface area contributed by atoms with Crippen molar-refractivity contribution < 1.29 is 0 Å². The first kappa shape index (κ1) is 39.0. The normalized spacial score (nSPS) is 20.3. The van der Waals surface area contributed by atoms with Gasteiger partial charge < -0.3 is 0 Å². The molecule has 0 spiro atoms. The maximum Gasteiger partial charge on any atom is -0.0269 e. The van der Waals surface area contributed by atoms with Crippen molar-refractivity contribution in [3.8, 4) is 0 Å². The van der Waals surface area contributed by atoms with Crippen molar-refractivity contribution in [1.82, 2.24) is 0 Å². The van der Waals surface area contributed by atoms with Crippen LogP contribution in [0.4, 0.5) is 0 Å². The Balaban J connectivity index is 4.59. The predicted octanol–water partition coefficient (Wildman–Crippen LogP) is 13.9. The number of hydrogen-bond donors (Lipinski definition) is 0. The fraction of sp³-hybridized carbons (Fsp3) is 1.00. The van der Waals surface area contributed by atoms with Gasteiger partial charge in [-0.1, -0.05) is 161 Å². The fourth-order valence-corrected chi connectivity index (χ4v) is 7.83. The van der Waals surface area contributed by atoms with E-state index in [0.29, 0.717) is 5.41 Å². The molecule has 0 aliphatic rings. The minimum atomic E-state index is 0.491. The van der Waals surface area contributed by atoms with Crippen LogP contribution in [0.1, 0.15) is 187 Å². The lowest BCUT2D eigenvalue weighted by Crippen LogP contribution is -2.38. The first-order valence-electron chi connectivity index (χ1n) is 18.2. The third-order valence-electron chi connectivity index (χ3n) is 11.4. The molecule has 0 saturated heterocycles. The molecule has 0 aromatic heterocycles. The fourth-order valence-electron chi connectivity index (χ4n) is 7.83. The average Bonchev–Trinajstić information content (AvgIpc) is 2.86. The summed E-state index contributed by atoms with van der Waals surface area (Å²) in [5, 5.41) is 0. The molecule has 0 aromatic carbocycles. The zero-order valence-corrected chi connectivity index (χ0v) is 30.2. The van der Waals surface area contributed by atoms with Crippen molar-refractivity contribution in [2.75, 3.05) is 0 Å². The van der Waals surface area contributed by atoms with Gasteiger partial charge in [-0.2, -0.15) is 0 Å². The maximum atomic E-state index is 2.67. The molecule has 0 radical (unpaired) electrons. The van der Waals surface area contributed by atoms with E-state index >= 15 is 0 Å². The molecule has 236 valence electrons. The highest BCUT2D eigenvalue weighted by Crippen LogP contribution is 2.48. The highest BCUT2D eigenvalue weighted by molar-refractivity contribution is 4.89. The van der Waals surface area contributed by atoms with Crippen molar-refractivity contribution in [2.24, 2.45) is 64.6 Å². The molecule has 39 heavy (non-hydrogen) atoms. The second-order valence-electron chi connectivity index (χ2n) is 16.3. The summed E-state index contributed by atoms with van der Waals surface area (Å²) in [6.45, 7) is 34.8. The van der Waals surface area contributed by atoms with Crippen LogP contribution in [0.3, 0.4) is 0 Å². The van der Waals surface area contributed by atoms with E-state index in [0.717, 1.165) is 59.2 Å². The minimum absolute atomic E-state index is 0.491. The second kappa shape index (κ2) is 20.8. The first-order chi connectivity index (χ1) is 18.2. The van der Waals surface area contributed by atoms with Gasteiger partial charge in [0.1, 0.15) is 0 Å². The van der Waals surface area contributed by atoms with Gasteiger partial charge >= 0.3 is 0 Å². The zero-order valence-electron chi connectivity index (χ0n) is 30.2. The lowest BCUT2D eigenvalue weighted by molar-refractivity contribution is 0.0337. The van der Waals surface area contributed by atoms with E-state index < -0.39 is 0 Å². The summed E-state index contributed by atoms with van der Waals surface area (Å²) in [4.78, 5) is 0. The van der Waals surface area contributed by atoms with Gasteiger partial charge in [0.05, 0.1) is 0 Å². The van der Waals surface area contributed by atoms with E-state index in [2.05, 4.69) is 96.9 Å². The monoisotopic (exact) mass is 549 g/mol. The van der Waals surface area contributed by atoms with Crippen LogP contribution in [0.2, 0.25) is 0 Å². The first-order valence-corrected chi connectivity index (χ1v) is 18.2. The summed E-state index contributed by atoms with van der Waals surface area (Å²) in [7, 11) is 0. The van der Waals surface area contributed by atoms with Crippen molar-refractivity contribution in [2.45, 2.75) is 187 Å². The van der Waals surface area contributed by atoms with Crippen LogP contribution in [0, 0.1) is 64.6 Å². The quantitative estimate of drug-likeness (QED) is 0.112. The molecule has 0 N–H and O–H groups in total. The molecule has 0 amide bonds. The Morgan fingerprint density at radius 1 is 0.513 bits per heavy atom. The SMILES string of the molecule is CCCCC(C)(C(C)CCCC(C)CCC(C)C(C)CCC(C)CC(C)CC(C)CC)C(CC(C)C)C(C)C. The molecule has 0 saturated carbocycles. The zero-order chi connectivity index (χ0) is 30.2. The summed E-state index contributed by atoms with van der Waals surface area (Å²) in [6.07, 6.45) is 19.7. The van der Waals surface area contributed by atoms with Crippen LogP contribution in [0.25, 0.3) is 0 Å². The molecule has 0 bridgehead atoms. The molecule has 0 aliphatic carbocycles. The number of rotatable bonds is 24. The van der Waals surface area contributed by atoms with E-state index in [4.69, 9.17) is 0 Å². The van der Waals surface area contributed by atoms with Crippen molar-refractivity contribution in [3.05, 3.63) is 0 Å². The molecule has 0 heteroatoms. The summed E-state index contributed by atoms with van der Waals surface area (Å²) in [6, 6.07) is 0. The topological polar surface area (TPSA) is 0 Å². The third-order valence-corrected chi connectivity index (χ3v) is 11.4. The Hall–Kier alpha value is 0. The summed E-state index contributed by atoms with van der Waals surface area (Å²) in [5.41, 5.74) is 0.491. The highest BCUT2D eigenvalue weighted by atomic mass is 14.4. The van der Waals surface area contributed by atoms with Gasteiger partial charge in [0.25, 0.3) is 0 Å². The molecule has 0 aliphatic heterocycles. The van der Waals surface area contributed by atoms with E-state index in [1.54, 1.807) is 0 Å². The van der Waals surface area contributed by atoms with Gasteiger partial charge in [-0.05, 0) is 90.3 Å². The van der Waals surface area contributed by atoms with Gasteiger partial charge in [0.15, 0.2) is 0 Å². The van der Waals surface area contributed by atoms with Crippen LogP contribution in [0.15, 0.2) is 0 Å². The standard InChI is InChI=1S/C39H80/c1-15-17-25-39(14,38(30(5)6)26-29(3)4)37(13)20-18-19-32(8)21-23-35(11)36(12)24-22-33(9)28-34(10)27-31(7)16-2/h29-38H,15-28H2,1-14H3. The van der Waals surface area contributed by atoms with Gasteiger partial charge in [-0.3, -0.25) is 0 Å². The lowest BCUT2D eigenvalue weighted by atomic mass is 9.59. The minimum Gasteiger partial charge on any atom is -0.0654 e.